The number of nitrogens with zero attached hydrogens (tertiary/aromatic N) is 1. The van der Waals surface area contributed by atoms with Gasteiger partial charge in [-0.1, -0.05) is 62.7 Å². The molecule has 4 heteroatoms. The third-order valence-corrected chi connectivity index (χ3v) is 6.25. The van der Waals surface area contributed by atoms with Gasteiger partial charge in [-0.3, -0.25) is 0 Å². The maximum atomic E-state index is 6.05. The summed E-state index contributed by atoms with van der Waals surface area (Å²) in [5.41, 5.74) is 5.74. The molecule has 0 saturated carbocycles. The van der Waals surface area contributed by atoms with Crippen LogP contribution in [0, 0.1) is 0 Å². The topological polar surface area (TPSA) is 18.1 Å². The monoisotopic (exact) mass is 507 g/mol. The van der Waals surface area contributed by atoms with Crippen LogP contribution in [0.2, 0.25) is 0 Å². The van der Waals surface area contributed by atoms with E-state index in [1.165, 1.54) is 27.4 Å². The van der Waals surface area contributed by atoms with Crippen molar-refractivity contribution in [2.24, 2.45) is 0 Å². The SMILES string of the molecule is C=Cc1c(/C=C(\C)Br)c2cc(Br)ccc2n1C1C=Cc2oc3ccccc3c2C1. The number of allylic oxidation sites excluding steroid dienone is 2. The number of halogens is 2. The zero-order valence-electron chi connectivity index (χ0n) is 16.0. The summed E-state index contributed by atoms with van der Waals surface area (Å²) in [6.45, 7) is 6.19. The van der Waals surface area contributed by atoms with Crippen LogP contribution in [0.1, 0.15) is 35.5 Å². The highest BCUT2D eigenvalue weighted by molar-refractivity contribution is 9.11. The van der Waals surface area contributed by atoms with E-state index in [2.05, 4.69) is 98.5 Å². The minimum atomic E-state index is 0.193. The average molecular weight is 509 g/mol. The van der Waals surface area contributed by atoms with Crippen molar-refractivity contribution in [1.29, 1.82) is 0 Å². The zero-order valence-corrected chi connectivity index (χ0v) is 19.1. The first-order valence-electron chi connectivity index (χ1n) is 9.55. The molecule has 0 fully saturated rings. The summed E-state index contributed by atoms with van der Waals surface area (Å²) in [6.07, 6.45) is 9.39. The van der Waals surface area contributed by atoms with Gasteiger partial charge < -0.3 is 8.98 Å². The van der Waals surface area contributed by atoms with Crippen LogP contribution in [0.3, 0.4) is 0 Å². The first kappa shape index (κ1) is 18.7. The van der Waals surface area contributed by atoms with E-state index in [-0.39, 0.29) is 6.04 Å². The molecule has 0 N–H and O–H groups in total. The van der Waals surface area contributed by atoms with Crippen molar-refractivity contribution in [1.82, 2.24) is 4.57 Å². The lowest BCUT2D eigenvalue weighted by atomic mass is 9.96. The van der Waals surface area contributed by atoms with Crippen LogP contribution < -0.4 is 0 Å². The van der Waals surface area contributed by atoms with Gasteiger partial charge in [-0.25, -0.2) is 0 Å². The molecule has 0 bridgehead atoms. The number of rotatable bonds is 3. The molecule has 1 aliphatic carbocycles. The molecule has 29 heavy (non-hydrogen) atoms. The van der Waals surface area contributed by atoms with E-state index in [0.717, 1.165) is 32.4 Å². The predicted molar refractivity (Wildman–Crippen MR) is 130 cm³/mol. The number of benzene rings is 2. The summed E-state index contributed by atoms with van der Waals surface area (Å²) in [4.78, 5) is 0. The number of fused-ring (bicyclic) bond motifs is 4. The van der Waals surface area contributed by atoms with Gasteiger partial charge in [0.25, 0.3) is 0 Å². The van der Waals surface area contributed by atoms with E-state index < -0.39 is 0 Å². The minimum absolute atomic E-state index is 0.193. The smallest absolute Gasteiger partial charge is 0.135 e. The van der Waals surface area contributed by atoms with Gasteiger partial charge in [0.1, 0.15) is 11.3 Å². The second-order valence-electron chi connectivity index (χ2n) is 7.34. The molecule has 1 atom stereocenters. The first-order valence-corrected chi connectivity index (χ1v) is 11.1. The maximum absolute atomic E-state index is 6.05. The van der Waals surface area contributed by atoms with Crippen molar-refractivity contribution in [3.8, 4) is 0 Å². The first-order chi connectivity index (χ1) is 14.1. The van der Waals surface area contributed by atoms with Crippen LogP contribution in [0.5, 0.6) is 0 Å². The molecule has 0 aliphatic heterocycles. The molecule has 2 aromatic carbocycles. The van der Waals surface area contributed by atoms with E-state index in [4.69, 9.17) is 4.42 Å². The number of hydrogen-bond donors (Lipinski definition) is 0. The molecule has 0 saturated heterocycles. The van der Waals surface area contributed by atoms with E-state index in [1.54, 1.807) is 0 Å². The van der Waals surface area contributed by atoms with Gasteiger partial charge in [0.05, 0.1) is 6.04 Å². The van der Waals surface area contributed by atoms with E-state index in [0.29, 0.717) is 0 Å². The lowest BCUT2D eigenvalue weighted by Gasteiger charge is -2.22. The Kier molecular flexibility index (Phi) is 4.64. The van der Waals surface area contributed by atoms with E-state index >= 15 is 0 Å². The Bertz CT molecular complexity index is 1330. The third kappa shape index (κ3) is 3.06. The maximum Gasteiger partial charge on any atom is 0.135 e. The normalized spacial score (nSPS) is 16.5. The molecule has 1 aliphatic rings. The number of para-hydroxylation sites is 1. The van der Waals surface area contributed by atoms with Gasteiger partial charge in [-0.05, 0) is 53.9 Å². The molecule has 0 radical (unpaired) electrons. The quantitative estimate of drug-likeness (QED) is 0.272. The lowest BCUT2D eigenvalue weighted by molar-refractivity contribution is 0.566. The second-order valence-corrected chi connectivity index (χ2v) is 9.50. The van der Waals surface area contributed by atoms with Gasteiger partial charge in [0.15, 0.2) is 0 Å². The summed E-state index contributed by atoms with van der Waals surface area (Å²) in [5, 5.41) is 2.41. The number of aromatic nitrogens is 1. The Hall–Kier alpha value is -2.30. The zero-order chi connectivity index (χ0) is 20.1. The summed E-state index contributed by atoms with van der Waals surface area (Å²) in [7, 11) is 0. The largest absolute Gasteiger partial charge is 0.456 e. The van der Waals surface area contributed by atoms with Crippen molar-refractivity contribution in [2.75, 3.05) is 0 Å². The molecule has 0 amide bonds. The minimum Gasteiger partial charge on any atom is -0.456 e. The molecular weight excluding hydrogens is 490 g/mol. The third-order valence-electron chi connectivity index (χ3n) is 5.52. The van der Waals surface area contributed by atoms with Crippen molar-refractivity contribution < 1.29 is 4.42 Å². The molecule has 2 aromatic heterocycles. The fraction of sp³-hybridized carbons (Fsp3) is 0.120. The number of furan rings is 1. The van der Waals surface area contributed by atoms with Crippen LogP contribution in [0.15, 0.2) is 68.5 Å². The lowest BCUT2D eigenvalue weighted by Crippen LogP contribution is -2.13. The molecule has 144 valence electrons. The van der Waals surface area contributed by atoms with Gasteiger partial charge in [0.2, 0.25) is 0 Å². The highest BCUT2D eigenvalue weighted by Crippen LogP contribution is 2.39. The predicted octanol–water partition coefficient (Wildman–Crippen LogP) is 8.36. The van der Waals surface area contributed by atoms with Gasteiger partial charge in [0, 0.05) is 44.0 Å². The fourth-order valence-electron chi connectivity index (χ4n) is 4.36. The average Bonchev–Trinajstić information content (AvgIpc) is 3.22. The summed E-state index contributed by atoms with van der Waals surface area (Å²) < 4.78 is 10.6. The summed E-state index contributed by atoms with van der Waals surface area (Å²) in [6, 6.07) is 14.9. The van der Waals surface area contributed by atoms with Gasteiger partial charge >= 0.3 is 0 Å². The Morgan fingerprint density at radius 2 is 2.03 bits per heavy atom. The van der Waals surface area contributed by atoms with Crippen molar-refractivity contribution in [3.05, 3.63) is 86.7 Å². The highest BCUT2D eigenvalue weighted by atomic mass is 79.9. The van der Waals surface area contributed by atoms with Gasteiger partial charge in [-0.2, -0.15) is 0 Å². The molecule has 0 spiro atoms. The van der Waals surface area contributed by atoms with Crippen molar-refractivity contribution >= 4 is 72.0 Å². The summed E-state index contributed by atoms with van der Waals surface area (Å²) >= 11 is 7.24. The molecule has 2 heterocycles. The van der Waals surface area contributed by atoms with Crippen LogP contribution in [-0.4, -0.2) is 4.57 Å². The van der Waals surface area contributed by atoms with E-state index in [1.807, 2.05) is 18.2 Å². The standard InChI is InChI=1S/C25H19Br2NO/c1-3-22-19(12-15(2)26)20-13-16(27)8-10-23(20)28(22)17-9-11-25-21(14-17)18-6-4-5-7-24(18)29-25/h3-13,17H,1,14H2,2H3/b15-12+. The van der Waals surface area contributed by atoms with Crippen molar-refractivity contribution in [2.45, 2.75) is 19.4 Å². The Morgan fingerprint density at radius 3 is 2.83 bits per heavy atom. The van der Waals surface area contributed by atoms with Crippen LogP contribution in [0.25, 0.3) is 40.1 Å². The second kappa shape index (κ2) is 7.19. The molecule has 1 unspecified atom stereocenters. The molecular formula is C25H19Br2NO. The van der Waals surface area contributed by atoms with Crippen molar-refractivity contribution in [3.63, 3.8) is 0 Å². The van der Waals surface area contributed by atoms with Crippen LogP contribution in [0.4, 0.5) is 0 Å². The summed E-state index contributed by atoms with van der Waals surface area (Å²) in [5.74, 6) is 0.971. The Morgan fingerprint density at radius 1 is 1.21 bits per heavy atom. The molecule has 5 rings (SSSR count). The Balaban J connectivity index is 1.73. The Labute approximate surface area is 186 Å². The molecule has 2 nitrogen and oxygen atoms in total. The van der Waals surface area contributed by atoms with Crippen LogP contribution in [-0.2, 0) is 6.42 Å². The van der Waals surface area contributed by atoms with Gasteiger partial charge in [-0.15, -0.1) is 0 Å². The highest BCUT2D eigenvalue weighted by Gasteiger charge is 2.25. The molecule has 4 aromatic rings. The van der Waals surface area contributed by atoms with Crippen LogP contribution >= 0.6 is 31.9 Å². The fourth-order valence-corrected chi connectivity index (χ4v) is 4.95. The number of hydrogen-bond acceptors (Lipinski definition) is 1. The van der Waals surface area contributed by atoms with E-state index in [9.17, 15) is 0 Å².